The Kier molecular flexibility index (Phi) is 4.63. The average molecular weight is 439 g/mol. The van der Waals surface area contributed by atoms with Gasteiger partial charge in [-0.25, -0.2) is 4.98 Å². The van der Waals surface area contributed by atoms with Crippen LogP contribution in [0.2, 0.25) is 0 Å². The Bertz CT molecular complexity index is 1300. The Morgan fingerprint density at radius 2 is 2.03 bits per heavy atom. The highest BCUT2D eigenvalue weighted by molar-refractivity contribution is 5.93. The molecular formula is C20H16F3N9. The Balaban J connectivity index is 1.53. The van der Waals surface area contributed by atoms with Crippen molar-refractivity contribution in [2.45, 2.75) is 18.1 Å². The van der Waals surface area contributed by atoms with Crippen LogP contribution in [-0.4, -0.2) is 65.9 Å². The molecule has 32 heavy (non-hydrogen) atoms. The first-order chi connectivity index (χ1) is 15.4. The molecule has 0 atom stereocenters. The van der Waals surface area contributed by atoms with Crippen molar-refractivity contribution in [1.29, 1.82) is 5.26 Å². The number of fused-ring (bicyclic) bond motifs is 1. The van der Waals surface area contributed by atoms with Gasteiger partial charge in [0.15, 0.2) is 0 Å². The summed E-state index contributed by atoms with van der Waals surface area (Å²) in [5.74, 6) is 0. The van der Waals surface area contributed by atoms with Crippen molar-refractivity contribution in [2.75, 3.05) is 19.6 Å². The second-order valence-electron chi connectivity index (χ2n) is 7.75. The number of aromatic nitrogens is 7. The molecule has 1 saturated heterocycles. The average Bonchev–Trinajstić information content (AvgIpc) is 3.43. The van der Waals surface area contributed by atoms with Crippen molar-refractivity contribution < 1.29 is 13.2 Å². The minimum absolute atomic E-state index is 0.0528. The molecule has 9 nitrogen and oxygen atoms in total. The maximum Gasteiger partial charge on any atom is 0.401 e. The lowest BCUT2D eigenvalue weighted by atomic mass is 9.87. The number of hydrogen-bond acceptors (Lipinski definition) is 7. The minimum atomic E-state index is -4.29. The molecule has 4 aromatic heterocycles. The van der Waals surface area contributed by atoms with E-state index >= 15 is 0 Å². The number of likely N-dealkylation sites (tertiary alicyclic amines) is 1. The number of rotatable bonds is 5. The Morgan fingerprint density at radius 1 is 1.19 bits per heavy atom. The molecule has 0 radical (unpaired) electrons. The van der Waals surface area contributed by atoms with Gasteiger partial charge in [-0.3, -0.25) is 14.6 Å². The lowest BCUT2D eigenvalue weighted by Gasteiger charge is -2.49. The fourth-order valence-corrected chi connectivity index (χ4v) is 4.08. The van der Waals surface area contributed by atoms with Crippen LogP contribution in [-0.2, 0) is 5.54 Å². The molecule has 0 saturated carbocycles. The fourth-order valence-electron chi connectivity index (χ4n) is 4.08. The molecule has 0 aliphatic carbocycles. The van der Waals surface area contributed by atoms with Crippen LogP contribution in [0.3, 0.4) is 0 Å². The van der Waals surface area contributed by atoms with Gasteiger partial charge in [0, 0.05) is 30.9 Å². The van der Waals surface area contributed by atoms with Crippen molar-refractivity contribution in [3.63, 3.8) is 0 Å². The zero-order valence-corrected chi connectivity index (χ0v) is 16.6. The largest absolute Gasteiger partial charge is 0.401 e. The standard InChI is InChI=1S/C20H16F3N9/c21-20(22,23)12-31-10-19(11-31,4-5-24)32-7-3-14(29-32)18-13-2-1-6-25-15(13)8-16(27-18)17-9-26-30-28-17/h1-3,6-9H,4,10-12H2,(H,26,28,30). The molecule has 1 aliphatic rings. The van der Waals surface area contributed by atoms with Crippen LogP contribution in [0.4, 0.5) is 13.2 Å². The highest BCUT2D eigenvalue weighted by atomic mass is 19.4. The van der Waals surface area contributed by atoms with Crippen molar-refractivity contribution in [1.82, 2.24) is 40.1 Å². The molecule has 1 N–H and O–H groups in total. The molecule has 0 amide bonds. The van der Waals surface area contributed by atoms with Gasteiger partial charge in [-0.15, -0.1) is 0 Å². The Morgan fingerprint density at radius 3 is 2.75 bits per heavy atom. The first-order valence-electron chi connectivity index (χ1n) is 9.71. The summed E-state index contributed by atoms with van der Waals surface area (Å²) < 4.78 is 39.8. The highest BCUT2D eigenvalue weighted by Gasteiger charge is 2.48. The van der Waals surface area contributed by atoms with Crippen LogP contribution in [0.15, 0.2) is 42.9 Å². The molecule has 4 aromatic rings. The van der Waals surface area contributed by atoms with Gasteiger partial charge in [0.1, 0.15) is 22.6 Å². The van der Waals surface area contributed by atoms with E-state index in [1.54, 1.807) is 41.5 Å². The number of pyridine rings is 2. The van der Waals surface area contributed by atoms with E-state index in [1.807, 2.05) is 6.07 Å². The maximum atomic E-state index is 12.7. The molecule has 0 unspecified atom stereocenters. The third kappa shape index (κ3) is 3.56. The quantitative estimate of drug-likeness (QED) is 0.509. The molecule has 0 bridgehead atoms. The van der Waals surface area contributed by atoms with Gasteiger partial charge in [0.2, 0.25) is 0 Å². The summed E-state index contributed by atoms with van der Waals surface area (Å²) in [7, 11) is 0. The number of nitrogens with zero attached hydrogens (tertiary/aromatic N) is 8. The Hall–Kier alpha value is -3.85. The summed E-state index contributed by atoms with van der Waals surface area (Å²) in [6.07, 6.45) is 0.667. The molecule has 5 rings (SSSR count). The van der Waals surface area contributed by atoms with Crippen LogP contribution < -0.4 is 0 Å². The van der Waals surface area contributed by atoms with E-state index in [4.69, 9.17) is 4.98 Å². The van der Waals surface area contributed by atoms with Crippen molar-refractivity contribution >= 4 is 10.9 Å². The predicted molar refractivity (Wildman–Crippen MR) is 107 cm³/mol. The summed E-state index contributed by atoms with van der Waals surface area (Å²) in [5.41, 5.74) is 2.07. The monoisotopic (exact) mass is 439 g/mol. The summed E-state index contributed by atoms with van der Waals surface area (Å²) in [6, 6.07) is 9.29. The highest BCUT2D eigenvalue weighted by Crippen LogP contribution is 2.36. The van der Waals surface area contributed by atoms with E-state index in [0.29, 0.717) is 28.3 Å². The normalized spacial score (nSPS) is 16.1. The molecule has 5 heterocycles. The van der Waals surface area contributed by atoms with E-state index in [9.17, 15) is 18.4 Å². The van der Waals surface area contributed by atoms with Crippen molar-refractivity contribution in [3.05, 3.63) is 42.9 Å². The number of aromatic amines is 1. The van der Waals surface area contributed by atoms with Crippen molar-refractivity contribution in [2.24, 2.45) is 0 Å². The van der Waals surface area contributed by atoms with Gasteiger partial charge < -0.3 is 0 Å². The number of nitrogens with one attached hydrogen (secondary N) is 1. The summed E-state index contributed by atoms with van der Waals surface area (Å²) in [4.78, 5) is 10.4. The summed E-state index contributed by atoms with van der Waals surface area (Å²) >= 11 is 0. The number of alkyl halides is 3. The number of hydrogen-bond donors (Lipinski definition) is 1. The third-order valence-corrected chi connectivity index (χ3v) is 5.44. The fraction of sp³-hybridized carbons (Fsp3) is 0.300. The molecule has 0 spiro atoms. The van der Waals surface area contributed by atoms with Gasteiger partial charge >= 0.3 is 6.18 Å². The number of nitriles is 1. The van der Waals surface area contributed by atoms with E-state index in [-0.39, 0.29) is 19.5 Å². The van der Waals surface area contributed by atoms with Crippen LogP contribution >= 0.6 is 0 Å². The smallest absolute Gasteiger partial charge is 0.290 e. The zero-order valence-electron chi connectivity index (χ0n) is 16.6. The van der Waals surface area contributed by atoms with E-state index < -0.39 is 18.3 Å². The molecule has 12 heteroatoms. The van der Waals surface area contributed by atoms with E-state index in [2.05, 4.69) is 31.6 Å². The second kappa shape index (κ2) is 7.38. The van der Waals surface area contributed by atoms with Gasteiger partial charge in [0.25, 0.3) is 0 Å². The van der Waals surface area contributed by atoms with Gasteiger partial charge in [-0.2, -0.15) is 38.9 Å². The zero-order chi connectivity index (χ0) is 22.3. The molecule has 1 aliphatic heterocycles. The van der Waals surface area contributed by atoms with Crippen LogP contribution in [0.25, 0.3) is 33.7 Å². The topological polar surface area (TPSA) is 112 Å². The van der Waals surface area contributed by atoms with Gasteiger partial charge in [-0.05, 0) is 24.3 Å². The summed E-state index contributed by atoms with van der Waals surface area (Å²) in [6.45, 7) is -0.822. The lowest BCUT2D eigenvalue weighted by Crippen LogP contribution is -2.64. The van der Waals surface area contributed by atoms with Crippen LogP contribution in [0, 0.1) is 11.3 Å². The molecule has 1 fully saturated rings. The van der Waals surface area contributed by atoms with E-state index in [1.165, 1.54) is 4.90 Å². The first-order valence-corrected chi connectivity index (χ1v) is 9.71. The minimum Gasteiger partial charge on any atom is -0.290 e. The maximum absolute atomic E-state index is 12.7. The first kappa shape index (κ1) is 20.1. The summed E-state index contributed by atoms with van der Waals surface area (Å²) in [5, 5.41) is 25.1. The Labute approximate surface area is 179 Å². The van der Waals surface area contributed by atoms with Crippen molar-refractivity contribution in [3.8, 4) is 28.8 Å². The lowest BCUT2D eigenvalue weighted by molar-refractivity contribution is -0.167. The third-order valence-electron chi connectivity index (χ3n) is 5.44. The second-order valence-corrected chi connectivity index (χ2v) is 7.75. The molecule has 0 aromatic carbocycles. The van der Waals surface area contributed by atoms with Gasteiger partial charge in [0.05, 0.1) is 36.4 Å². The number of H-pyrrole nitrogens is 1. The molecule has 162 valence electrons. The van der Waals surface area contributed by atoms with E-state index in [0.717, 1.165) is 5.39 Å². The van der Waals surface area contributed by atoms with Crippen LogP contribution in [0.1, 0.15) is 6.42 Å². The van der Waals surface area contributed by atoms with Crippen LogP contribution in [0.5, 0.6) is 0 Å². The molecular weight excluding hydrogens is 423 g/mol. The predicted octanol–water partition coefficient (Wildman–Crippen LogP) is 2.77. The number of halogens is 3. The van der Waals surface area contributed by atoms with Gasteiger partial charge in [-0.1, -0.05) is 0 Å². The SMILES string of the molecule is N#CCC1(n2ccc(-c3nc(-c4cn[nH]n4)cc4ncccc34)n2)CN(CC(F)(F)F)C1.